The van der Waals surface area contributed by atoms with Gasteiger partial charge >= 0.3 is 0 Å². The molecule has 1 aromatic carbocycles. The molecule has 0 aliphatic carbocycles. The minimum atomic E-state index is -0.0929. The van der Waals surface area contributed by atoms with E-state index in [0.29, 0.717) is 12.4 Å². The summed E-state index contributed by atoms with van der Waals surface area (Å²) >= 11 is 1.57. The molecule has 0 aliphatic rings. The molecule has 0 spiro atoms. The summed E-state index contributed by atoms with van der Waals surface area (Å²) in [5.74, 6) is 2.26. The van der Waals surface area contributed by atoms with Gasteiger partial charge < -0.3 is 14.4 Å². The summed E-state index contributed by atoms with van der Waals surface area (Å²) in [6.07, 6.45) is 1.01. The van der Waals surface area contributed by atoms with E-state index in [1.54, 1.807) is 16.3 Å². The van der Waals surface area contributed by atoms with Crippen molar-refractivity contribution in [1.29, 1.82) is 0 Å². The van der Waals surface area contributed by atoms with Crippen LogP contribution in [0, 0.1) is 0 Å². The molecule has 20 heavy (non-hydrogen) atoms. The molecule has 1 heterocycles. The molecular weight excluding hydrogens is 274 g/mol. The molecule has 2 aromatic rings. The largest absolute Gasteiger partial charge is 0.493 e. The molecule has 0 bridgehead atoms. The number of hydrogen-bond acceptors (Lipinski definition) is 5. The van der Waals surface area contributed by atoms with Crippen LogP contribution in [0.2, 0.25) is 0 Å². The SMILES string of the molecule is CCc1cccc(OCCSc2nnc(CO)n2C)c1. The van der Waals surface area contributed by atoms with Gasteiger partial charge in [0.25, 0.3) is 0 Å². The van der Waals surface area contributed by atoms with Crippen molar-refractivity contribution >= 4 is 11.8 Å². The van der Waals surface area contributed by atoms with Gasteiger partial charge in [0.15, 0.2) is 11.0 Å². The van der Waals surface area contributed by atoms with Crippen molar-refractivity contribution in [3.05, 3.63) is 35.7 Å². The molecule has 0 aliphatic heterocycles. The average Bonchev–Trinajstić information content (AvgIpc) is 2.84. The van der Waals surface area contributed by atoms with Gasteiger partial charge in [-0.1, -0.05) is 30.8 Å². The summed E-state index contributed by atoms with van der Waals surface area (Å²) in [5, 5.41) is 17.7. The van der Waals surface area contributed by atoms with Gasteiger partial charge in [-0.05, 0) is 24.1 Å². The van der Waals surface area contributed by atoms with Gasteiger partial charge in [0.2, 0.25) is 0 Å². The van der Waals surface area contributed by atoms with Crippen molar-refractivity contribution in [3.8, 4) is 5.75 Å². The summed E-state index contributed by atoms with van der Waals surface area (Å²) in [6.45, 7) is 2.64. The Balaban J connectivity index is 1.79. The van der Waals surface area contributed by atoms with Crippen LogP contribution in [-0.4, -0.2) is 32.2 Å². The molecule has 0 amide bonds. The third-order valence-electron chi connectivity index (χ3n) is 2.96. The molecule has 1 N–H and O–H groups in total. The maximum Gasteiger partial charge on any atom is 0.191 e. The zero-order chi connectivity index (χ0) is 14.4. The van der Waals surface area contributed by atoms with Crippen molar-refractivity contribution in [1.82, 2.24) is 14.8 Å². The summed E-state index contributed by atoms with van der Waals surface area (Å²) in [4.78, 5) is 0. The lowest BCUT2D eigenvalue weighted by molar-refractivity contribution is 0.266. The van der Waals surface area contributed by atoms with E-state index in [-0.39, 0.29) is 6.61 Å². The first-order valence-electron chi connectivity index (χ1n) is 6.58. The Bertz CT molecular complexity index is 557. The monoisotopic (exact) mass is 293 g/mol. The Morgan fingerprint density at radius 2 is 2.20 bits per heavy atom. The maximum atomic E-state index is 9.04. The van der Waals surface area contributed by atoms with Crippen molar-refractivity contribution < 1.29 is 9.84 Å². The van der Waals surface area contributed by atoms with E-state index in [2.05, 4.69) is 29.3 Å². The average molecular weight is 293 g/mol. The summed E-state index contributed by atoms with van der Waals surface area (Å²) < 4.78 is 7.51. The van der Waals surface area contributed by atoms with Gasteiger partial charge in [0.05, 0.1) is 6.61 Å². The van der Waals surface area contributed by atoms with Crippen molar-refractivity contribution in [2.45, 2.75) is 25.1 Å². The number of aromatic nitrogens is 3. The molecule has 0 radical (unpaired) electrons. The van der Waals surface area contributed by atoms with Crippen LogP contribution in [0.1, 0.15) is 18.3 Å². The first-order valence-corrected chi connectivity index (χ1v) is 7.56. The molecule has 0 fully saturated rings. The first-order chi connectivity index (χ1) is 9.74. The van der Waals surface area contributed by atoms with Crippen LogP contribution >= 0.6 is 11.8 Å². The Labute approximate surface area is 123 Å². The molecule has 6 heteroatoms. The zero-order valence-corrected chi connectivity index (χ0v) is 12.6. The van der Waals surface area contributed by atoms with Crippen LogP contribution < -0.4 is 4.74 Å². The van der Waals surface area contributed by atoms with Gasteiger partial charge in [-0.25, -0.2) is 0 Å². The second kappa shape index (κ2) is 7.31. The topological polar surface area (TPSA) is 60.2 Å². The van der Waals surface area contributed by atoms with E-state index in [4.69, 9.17) is 9.84 Å². The standard InChI is InChI=1S/C14H19N3O2S/c1-3-11-5-4-6-12(9-11)19-7-8-20-14-16-15-13(10-18)17(14)2/h4-6,9,18H,3,7-8,10H2,1-2H3. The van der Waals surface area contributed by atoms with Gasteiger partial charge in [0.1, 0.15) is 12.4 Å². The Kier molecular flexibility index (Phi) is 5.43. The van der Waals surface area contributed by atoms with Gasteiger partial charge in [-0.15, -0.1) is 10.2 Å². The Hall–Kier alpha value is -1.53. The van der Waals surface area contributed by atoms with Gasteiger partial charge in [-0.3, -0.25) is 0 Å². The summed E-state index contributed by atoms with van der Waals surface area (Å²) in [6, 6.07) is 8.14. The normalized spacial score (nSPS) is 10.8. The molecular formula is C14H19N3O2S. The van der Waals surface area contributed by atoms with Crippen molar-refractivity contribution in [3.63, 3.8) is 0 Å². The molecule has 108 valence electrons. The second-order valence-electron chi connectivity index (χ2n) is 4.31. The molecule has 0 saturated carbocycles. The fourth-order valence-corrected chi connectivity index (χ4v) is 2.50. The number of rotatable bonds is 7. The lowest BCUT2D eigenvalue weighted by atomic mass is 10.2. The zero-order valence-electron chi connectivity index (χ0n) is 11.7. The van der Waals surface area contributed by atoms with E-state index in [1.165, 1.54) is 5.56 Å². The van der Waals surface area contributed by atoms with Crippen LogP contribution in [0.5, 0.6) is 5.75 Å². The number of benzene rings is 1. The molecule has 2 rings (SSSR count). The fourth-order valence-electron chi connectivity index (χ4n) is 1.76. The highest BCUT2D eigenvalue weighted by atomic mass is 32.2. The van der Waals surface area contributed by atoms with E-state index in [9.17, 15) is 0 Å². The minimum absolute atomic E-state index is 0.0929. The fraction of sp³-hybridized carbons (Fsp3) is 0.429. The van der Waals surface area contributed by atoms with E-state index in [1.807, 2.05) is 19.2 Å². The van der Waals surface area contributed by atoms with E-state index >= 15 is 0 Å². The molecule has 1 aromatic heterocycles. The first kappa shape index (κ1) is 14.9. The van der Waals surface area contributed by atoms with Crippen molar-refractivity contribution in [2.24, 2.45) is 7.05 Å². The predicted octanol–water partition coefficient (Wildman–Crippen LogP) is 2.04. The number of ether oxygens (including phenoxy) is 1. The molecule has 5 nitrogen and oxygen atoms in total. The lowest BCUT2D eigenvalue weighted by Crippen LogP contribution is -2.03. The minimum Gasteiger partial charge on any atom is -0.493 e. The number of hydrogen-bond donors (Lipinski definition) is 1. The van der Waals surface area contributed by atoms with Crippen LogP contribution in [0.3, 0.4) is 0 Å². The summed E-state index contributed by atoms with van der Waals surface area (Å²) in [5.41, 5.74) is 1.27. The van der Waals surface area contributed by atoms with Crippen LogP contribution in [0.4, 0.5) is 0 Å². The number of aryl methyl sites for hydroxylation is 1. The van der Waals surface area contributed by atoms with Crippen LogP contribution in [0.15, 0.2) is 29.4 Å². The number of thioether (sulfide) groups is 1. The number of aliphatic hydroxyl groups excluding tert-OH is 1. The van der Waals surface area contributed by atoms with E-state index in [0.717, 1.165) is 23.1 Å². The second-order valence-corrected chi connectivity index (χ2v) is 5.38. The third kappa shape index (κ3) is 3.74. The third-order valence-corrected chi connectivity index (χ3v) is 3.94. The highest BCUT2D eigenvalue weighted by Crippen LogP contribution is 2.17. The molecule has 0 unspecified atom stereocenters. The Morgan fingerprint density at radius 3 is 2.90 bits per heavy atom. The quantitative estimate of drug-likeness (QED) is 0.625. The summed E-state index contributed by atoms with van der Waals surface area (Å²) in [7, 11) is 1.85. The number of aliphatic hydroxyl groups is 1. The highest BCUT2D eigenvalue weighted by molar-refractivity contribution is 7.99. The Morgan fingerprint density at radius 1 is 1.35 bits per heavy atom. The van der Waals surface area contributed by atoms with Crippen LogP contribution in [-0.2, 0) is 20.1 Å². The van der Waals surface area contributed by atoms with Crippen molar-refractivity contribution in [2.75, 3.05) is 12.4 Å². The van der Waals surface area contributed by atoms with E-state index < -0.39 is 0 Å². The molecule has 0 saturated heterocycles. The number of nitrogens with zero attached hydrogens (tertiary/aromatic N) is 3. The van der Waals surface area contributed by atoms with Gasteiger partial charge in [-0.2, -0.15) is 0 Å². The predicted molar refractivity (Wildman–Crippen MR) is 79.0 cm³/mol. The molecule has 0 atom stereocenters. The lowest BCUT2D eigenvalue weighted by Gasteiger charge is -2.07. The van der Waals surface area contributed by atoms with Gasteiger partial charge in [0, 0.05) is 12.8 Å². The maximum absolute atomic E-state index is 9.04. The highest BCUT2D eigenvalue weighted by Gasteiger charge is 2.07. The van der Waals surface area contributed by atoms with Crippen LogP contribution in [0.25, 0.3) is 0 Å². The smallest absolute Gasteiger partial charge is 0.191 e.